The van der Waals surface area contributed by atoms with Crippen LogP contribution in [0.25, 0.3) is 0 Å². The van der Waals surface area contributed by atoms with Gasteiger partial charge < -0.3 is 10.1 Å². The Kier molecular flexibility index (Phi) is 4.68. The van der Waals surface area contributed by atoms with Gasteiger partial charge in [0.05, 0.1) is 6.20 Å². The van der Waals surface area contributed by atoms with Crippen molar-refractivity contribution in [1.29, 1.82) is 0 Å². The SMILES string of the molecule is CC(NCc1cnn(C)c1)c1ccccc1OC(F)F. The van der Waals surface area contributed by atoms with Crippen molar-refractivity contribution in [1.82, 2.24) is 15.1 Å². The zero-order valence-electron chi connectivity index (χ0n) is 11.4. The van der Waals surface area contributed by atoms with Gasteiger partial charge in [-0.2, -0.15) is 13.9 Å². The van der Waals surface area contributed by atoms with Crippen LogP contribution in [0.15, 0.2) is 36.7 Å². The summed E-state index contributed by atoms with van der Waals surface area (Å²) in [7, 11) is 1.85. The molecule has 1 heterocycles. The number of aromatic nitrogens is 2. The molecule has 108 valence electrons. The van der Waals surface area contributed by atoms with Gasteiger partial charge in [-0.15, -0.1) is 0 Å². The number of ether oxygens (including phenoxy) is 1. The lowest BCUT2D eigenvalue weighted by atomic mass is 10.1. The van der Waals surface area contributed by atoms with E-state index in [4.69, 9.17) is 0 Å². The van der Waals surface area contributed by atoms with Crippen LogP contribution in [-0.2, 0) is 13.6 Å². The summed E-state index contributed by atoms with van der Waals surface area (Å²) in [5.74, 6) is 0.202. The molecule has 1 atom stereocenters. The molecular formula is C14H17F2N3O. The monoisotopic (exact) mass is 281 g/mol. The van der Waals surface area contributed by atoms with Crippen molar-refractivity contribution in [3.8, 4) is 5.75 Å². The number of para-hydroxylation sites is 1. The molecule has 6 heteroatoms. The number of nitrogens with one attached hydrogen (secondary N) is 1. The van der Waals surface area contributed by atoms with Gasteiger partial charge in [0.1, 0.15) is 5.75 Å². The quantitative estimate of drug-likeness (QED) is 0.885. The molecular weight excluding hydrogens is 264 g/mol. The summed E-state index contributed by atoms with van der Waals surface area (Å²) in [6, 6.07) is 6.69. The zero-order valence-corrected chi connectivity index (χ0v) is 11.4. The Labute approximate surface area is 116 Å². The van der Waals surface area contributed by atoms with Crippen LogP contribution in [0, 0.1) is 0 Å². The molecule has 0 aliphatic heterocycles. The van der Waals surface area contributed by atoms with Crippen LogP contribution in [0.2, 0.25) is 0 Å². The van der Waals surface area contributed by atoms with Crippen molar-refractivity contribution in [3.05, 3.63) is 47.8 Å². The Hall–Kier alpha value is -1.95. The minimum absolute atomic E-state index is 0.106. The fourth-order valence-corrected chi connectivity index (χ4v) is 1.99. The summed E-state index contributed by atoms with van der Waals surface area (Å²) in [4.78, 5) is 0. The first-order chi connectivity index (χ1) is 9.56. The highest BCUT2D eigenvalue weighted by Gasteiger charge is 2.14. The van der Waals surface area contributed by atoms with Crippen LogP contribution in [0.1, 0.15) is 24.1 Å². The Morgan fingerprint density at radius 1 is 1.35 bits per heavy atom. The van der Waals surface area contributed by atoms with E-state index in [-0.39, 0.29) is 11.8 Å². The number of aryl methyl sites for hydroxylation is 1. The number of benzene rings is 1. The van der Waals surface area contributed by atoms with E-state index in [1.807, 2.05) is 20.2 Å². The molecule has 1 aromatic heterocycles. The first-order valence-corrected chi connectivity index (χ1v) is 6.31. The summed E-state index contributed by atoms with van der Waals surface area (Å²) in [5.41, 5.74) is 1.74. The molecule has 0 bridgehead atoms. The smallest absolute Gasteiger partial charge is 0.387 e. The third kappa shape index (κ3) is 3.77. The zero-order chi connectivity index (χ0) is 14.5. The number of alkyl halides is 2. The molecule has 1 unspecified atom stereocenters. The molecule has 20 heavy (non-hydrogen) atoms. The van der Waals surface area contributed by atoms with E-state index in [0.717, 1.165) is 5.56 Å². The van der Waals surface area contributed by atoms with Gasteiger partial charge >= 0.3 is 6.61 Å². The average Bonchev–Trinajstić information content (AvgIpc) is 2.82. The van der Waals surface area contributed by atoms with E-state index in [9.17, 15) is 8.78 Å². The van der Waals surface area contributed by atoms with Crippen LogP contribution < -0.4 is 10.1 Å². The molecule has 2 aromatic rings. The number of nitrogens with zero attached hydrogens (tertiary/aromatic N) is 2. The van der Waals surface area contributed by atoms with E-state index < -0.39 is 6.61 Å². The Morgan fingerprint density at radius 3 is 2.75 bits per heavy atom. The number of hydrogen-bond acceptors (Lipinski definition) is 3. The molecule has 1 aromatic carbocycles. The fourth-order valence-electron chi connectivity index (χ4n) is 1.99. The molecule has 2 rings (SSSR count). The van der Waals surface area contributed by atoms with Crippen LogP contribution in [0.3, 0.4) is 0 Å². The first kappa shape index (κ1) is 14.5. The minimum Gasteiger partial charge on any atom is -0.434 e. The van der Waals surface area contributed by atoms with Gasteiger partial charge in [-0.3, -0.25) is 4.68 Å². The molecule has 0 spiro atoms. The Bertz CT molecular complexity index is 557. The van der Waals surface area contributed by atoms with E-state index in [0.29, 0.717) is 12.1 Å². The average molecular weight is 281 g/mol. The predicted molar refractivity (Wildman–Crippen MR) is 71.5 cm³/mol. The molecule has 4 nitrogen and oxygen atoms in total. The fraction of sp³-hybridized carbons (Fsp3) is 0.357. The van der Waals surface area contributed by atoms with Crippen molar-refractivity contribution < 1.29 is 13.5 Å². The summed E-state index contributed by atoms with van der Waals surface area (Å²) >= 11 is 0. The molecule has 0 saturated carbocycles. The van der Waals surface area contributed by atoms with Gasteiger partial charge in [0, 0.05) is 37.0 Å². The highest BCUT2D eigenvalue weighted by Crippen LogP contribution is 2.26. The lowest BCUT2D eigenvalue weighted by molar-refractivity contribution is -0.0506. The first-order valence-electron chi connectivity index (χ1n) is 6.31. The van der Waals surface area contributed by atoms with Crippen molar-refractivity contribution in [2.24, 2.45) is 7.05 Å². The molecule has 1 N–H and O–H groups in total. The molecule has 0 amide bonds. The van der Waals surface area contributed by atoms with Gasteiger partial charge in [0.15, 0.2) is 0 Å². The van der Waals surface area contributed by atoms with E-state index >= 15 is 0 Å². The lowest BCUT2D eigenvalue weighted by Crippen LogP contribution is -2.19. The highest BCUT2D eigenvalue weighted by atomic mass is 19.3. The van der Waals surface area contributed by atoms with Crippen LogP contribution in [-0.4, -0.2) is 16.4 Å². The van der Waals surface area contributed by atoms with Gasteiger partial charge in [-0.05, 0) is 13.0 Å². The molecule has 0 radical (unpaired) electrons. The third-order valence-electron chi connectivity index (χ3n) is 2.97. The second-order valence-corrected chi connectivity index (χ2v) is 4.54. The van der Waals surface area contributed by atoms with Crippen molar-refractivity contribution in [2.45, 2.75) is 26.1 Å². The Balaban J connectivity index is 2.03. The molecule has 0 fully saturated rings. The van der Waals surface area contributed by atoms with Crippen LogP contribution in [0.5, 0.6) is 5.75 Å². The second-order valence-electron chi connectivity index (χ2n) is 4.54. The van der Waals surface area contributed by atoms with E-state index in [1.54, 1.807) is 35.1 Å². The predicted octanol–water partition coefficient (Wildman–Crippen LogP) is 2.87. The van der Waals surface area contributed by atoms with Gasteiger partial charge in [0.25, 0.3) is 0 Å². The minimum atomic E-state index is -2.82. The van der Waals surface area contributed by atoms with E-state index in [2.05, 4.69) is 15.2 Å². The van der Waals surface area contributed by atoms with Crippen molar-refractivity contribution in [3.63, 3.8) is 0 Å². The molecule has 0 aliphatic rings. The maximum Gasteiger partial charge on any atom is 0.387 e. The number of halogens is 2. The van der Waals surface area contributed by atoms with Crippen molar-refractivity contribution >= 4 is 0 Å². The Morgan fingerprint density at radius 2 is 2.10 bits per heavy atom. The second kappa shape index (κ2) is 6.47. The number of rotatable bonds is 6. The standard InChI is InChI=1S/C14H17F2N3O/c1-10(17-7-11-8-18-19(2)9-11)12-5-3-4-6-13(12)20-14(15)16/h3-6,8-10,14,17H,7H2,1-2H3. The van der Waals surface area contributed by atoms with Crippen LogP contribution >= 0.6 is 0 Å². The molecule has 0 aliphatic carbocycles. The third-order valence-corrected chi connectivity index (χ3v) is 2.97. The highest BCUT2D eigenvalue weighted by molar-refractivity contribution is 5.35. The maximum absolute atomic E-state index is 12.4. The van der Waals surface area contributed by atoms with Gasteiger partial charge in [0.2, 0.25) is 0 Å². The van der Waals surface area contributed by atoms with E-state index in [1.165, 1.54) is 0 Å². The topological polar surface area (TPSA) is 39.1 Å². The van der Waals surface area contributed by atoms with Gasteiger partial charge in [-0.25, -0.2) is 0 Å². The number of hydrogen-bond donors (Lipinski definition) is 1. The summed E-state index contributed by atoms with van der Waals surface area (Å²) in [6.45, 7) is -0.302. The van der Waals surface area contributed by atoms with Gasteiger partial charge in [-0.1, -0.05) is 18.2 Å². The summed E-state index contributed by atoms with van der Waals surface area (Å²) in [6.07, 6.45) is 3.67. The van der Waals surface area contributed by atoms with Crippen molar-refractivity contribution in [2.75, 3.05) is 0 Å². The normalized spacial score (nSPS) is 12.7. The van der Waals surface area contributed by atoms with Crippen LogP contribution in [0.4, 0.5) is 8.78 Å². The maximum atomic E-state index is 12.4. The lowest BCUT2D eigenvalue weighted by Gasteiger charge is -2.17. The largest absolute Gasteiger partial charge is 0.434 e. The molecule has 0 saturated heterocycles. The summed E-state index contributed by atoms with van der Waals surface area (Å²) < 4.78 is 31.0. The summed E-state index contributed by atoms with van der Waals surface area (Å²) in [5, 5.41) is 7.34.